The van der Waals surface area contributed by atoms with Crippen LogP contribution in [0, 0.1) is 5.92 Å². The summed E-state index contributed by atoms with van der Waals surface area (Å²) in [4.78, 5) is 21.8. The van der Waals surface area contributed by atoms with Crippen LogP contribution in [0.1, 0.15) is 6.42 Å². The van der Waals surface area contributed by atoms with E-state index in [-0.39, 0.29) is 19.8 Å². The highest BCUT2D eigenvalue weighted by Crippen LogP contribution is 2.15. The van der Waals surface area contributed by atoms with Crippen LogP contribution in [0.15, 0.2) is 0 Å². The Hall–Kier alpha value is -1.10. The Kier molecular flexibility index (Phi) is 3.04. The van der Waals surface area contributed by atoms with E-state index in [1.807, 2.05) is 0 Å². The molecule has 1 aliphatic heterocycles. The number of hydrogen-bond acceptors (Lipinski definition) is 5. The molecule has 5 heteroatoms. The van der Waals surface area contributed by atoms with Crippen LogP contribution in [0.5, 0.6) is 0 Å². The van der Waals surface area contributed by atoms with Crippen molar-refractivity contribution in [2.45, 2.75) is 6.42 Å². The molecule has 0 aromatic carbocycles. The average molecular weight is 174 g/mol. The smallest absolute Gasteiger partial charge is 0.320 e. The number of cyclic esters (lactones) is 1. The van der Waals surface area contributed by atoms with Crippen LogP contribution in [-0.4, -0.2) is 36.9 Å². The average Bonchev–Trinajstić information content (AvgIpc) is 2.47. The van der Waals surface area contributed by atoms with Gasteiger partial charge in [0.2, 0.25) is 0 Å². The van der Waals surface area contributed by atoms with Crippen molar-refractivity contribution in [2.24, 2.45) is 5.92 Å². The highest BCUT2D eigenvalue weighted by Gasteiger charge is 2.34. The first-order valence-electron chi connectivity index (χ1n) is 3.70. The molecule has 68 valence electrons. The van der Waals surface area contributed by atoms with Crippen molar-refractivity contribution in [3.05, 3.63) is 0 Å². The maximum atomic E-state index is 11.0. The van der Waals surface area contributed by atoms with Crippen LogP contribution in [0.2, 0.25) is 0 Å². The van der Waals surface area contributed by atoms with E-state index in [1.54, 1.807) is 0 Å². The van der Waals surface area contributed by atoms with Crippen molar-refractivity contribution >= 4 is 11.9 Å². The van der Waals surface area contributed by atoms with Gasteiger partial charge in [0, 0.05) is 6.42 Å². The summed E-state index contributed by atoms with van der Waals surface area (Å²) in [6, 6.07) is 0. The van der Waals surface area contributed by atoms with Gasteiger partial charge in [-0.25, -0.2) is 0 Å². The second-order valence-corrected chi connectivity index (χ2v) is 2.40. The summed E-state index contributed by atoms with van der Waals surface area (Å²) < 4.78 is 9.12. The molecule has 0 bridgehead atoms. The SMILES string of the molecule is O=C(OCCO)C1CCOC1=O. The van der Waals surface area contributed by atoms with E-state index >= 15 is 0 Å². The number of aliphatic hydroxyl groups is 1. The van der Waals surface area contributed by atoms with Gasteiger partial charge in [-0.05, 0) is 0 Å². The maximum absolute atomic E-state index is 11.0. The lowest BCUT2D eigenvalue weighted by Gasteiger charge is -2.04. The molecule has 5 nitrogen and oxygen atoms in total. The van der Waals surface area contributed by atoms with Crippen LogP contribution in [0.4, 0.5) is 0 Å². The zero-order valence-corrected chi connectivity index (χ0v) is 6.49. The van der Waals surface area contributed by atoms with Gasteiger partial charge < -0.3 is 14.6 Å². The quantitative estimate of drug-likeness (QED) is 0.442. The first-order chi connectivity index (χ1) is 5.75. The summed E-state index contributed by atoms with van der Waals surface area (Å²) in [7, 11) is 0. The van der Waals surface area contributed by atoms with E-state index in [0.29, 0.717) is 6.42 Å². The first-order valence-corrected chi connectivity index (χ1v) is 3.70. The van der Waals surface area contributed by atoms with E-state index in [4.69, 9.17) is 5.11 Å². The summed E-state index contributed by atoms with van der Waals surface area (Å²) in [5, 5.41) is 8.33. The molecule has 1 N–H and O–H groups in total. The number of hydrogen-bond donors (Lipinski definition) is 1. The Balaban J connectivity index is 2.36. The molecule has 1 unspecified atom stereocenters. The predicted octanol–water partition coefficient (Wildman–Crippen LogP) is -0.915. The summed E-state index contributed by atoms with van der Waals surface area (Å²) in [6.07, 6.45) is 0.378. The predicted molar refractivity (Wildman–Crippen MR) is 37.1 cm³/mol. The Morgan fingerprint density at radius 3 is 3.00 bits per heavy atom. The van der Waals surface area contributed by atoms with E-state index < -0.39 is 17.9 Å². The van der Waals surface area contributed by atoms with Crippen molar-refractivity contribution in [2.75, 3.05) is 19.8 Å². The Bertz CT molecular complexity index is 188. The van der Waals surface area contributed by atoms with E-state index in [0.717, 1.165) is 0 Å². The summed E-state index contributed by atoms with van der Waals surface area (Å²) in [5.41, 5.74) is 0. The third kappa shape index (κ3) is 1.94. The molecule has 12 heavy (non-hydrogen) atoms. The molecular formula is C7H10O5. The molecule has 0 saturated carbocycles. The van der Waals surface area contributed by atoms with Crippen LogP contribution >= 0.6 is 0 Å². The minimum Gasteiger partial charge on any atom is -0.465 e. The number of carbonyl (C=O) groups excluding carboxylic acids is 2. The van der Waals surface area contributed by atoms with E-state index in [2.05, 4.69) is 9.47 Å². The highest BCUT2D eigenvalue weighted by atomic mass is 16.6. The minimum absolute atomic E-state index is 0.0669. The van der Waals surface area contributed by atoms with Crippen molar-refractivity contribution in [1.29, 1.82) is 0 Å². The van der Waals surface area contributed by atoms with Gasteiger partial charge in [0.1, 0.15) is 6.61 Å². The van der Waals surface area contributed by atoms with Crippen molar-refractivity contribution in [1.82, 2.24) is 0 Å². The Labute approximate surface area is 69.3 Å². The number of rotatable bonds is 3. The summed E-state index contributed by atoms with van der Waals surface area (Å²) in [5.74, 6) is -1.92. The lowest BCUT2D eigenvalue weighted by molar-refractivity contribution is -0.156. The molecular weight excluding hydrogens is 164 g/mol. The first kappa shape index (κ1) is 8.99. The molecule has 0 aromatic heterocycles. The molecule has 0 spiro atoms. The van der Waals surface area contributed by atoms with Crippen molar-refractivity contribution in [3.63, 3.8) is 0 Å². The number of esters is 2. The van der Waals surface area contributed by atoms with Crippen LogP contribution in [0.3, 0.4) is 0 Å². The van der Waals surface area contributed by atoms with Gasteiger partial charge in [0.05, 0.1) is 13.2 Å². The van der Waals surface area contributed by atoms with Gasteiger partial charge >= 0.3 is 11.9 Å². The van der Waals surface area contributed by atoms with Crippen LogP contribution in [-0.2, 0) is 19.1 Å². The Morgan fingerprint density at radius 1 is 1.75 bits per heavy atom. The number of aliphatic hydroxyl groups excluding tert-OH is 1. The van der Waals surface area contributed by atoms with Gasteiger partial charge in [-0.1, -0.05) is 0 Å². The summed E-state index contributed by atoms with van der Waals surface area (Å²) in [6.45, 7) is -0.0200. The largest absolute Gasteiger partial charge is 0.465 e. The van der Waals surface area contributed by atoms with Gasteiger partial charge in [-0.15, -0.1) is 0 Å². The normalized spacial score (nSPS) is 22.1. The molecule has 1 saturated heterocycles. The monoisotopic (exact) mass is 174 g/mol. The second kappa shape index (κ2) is 4.06. The molecule has 1 fully saturated rings. The zero-order valence-electron chi connectivity index (χ0n) is 6.49. The van der Waals surface area contributed by atoms with Gasteiger partial charge in [0.25, 0.3) is 0 Å². The summed E-state index contributed by atoms with van der Waals surface area (Å²) >= 11 is 0. The fourth-order valence-corrected chi connectivity index (χ4v) is 0.957. The molecule has 1 heterocycles. The standard InChI is InChI=1S/C7H10O5/c8-2-4-12-7(10)5-1-3-11-6(5)9/h5,8H,1-4H2. The van der Waals surface area contributed by atoms with E-state index in [1.165, 1.54) is 0 Å². The maximum Gasteiger partial charge on any atom is 0.320 e. The minimum atomic E-state index is -0.781. The zero-order chi connectivity index (χ0) is 8.97. The molecule has 0 aliphatic carbocycles. The highest BCUT2D eigenvalue weighted by molar-refractivity contribution is 5.95. The van der Waals surface area contributed by atoms with E-state index in [9.17, 15) is 9.59 Å². The number of carbonyl (C=O) groups is 2. The lowest BCUT2D eigenvalue weighted by atomic mass is 10.1. The number of ether oxygens (including phenoxy) is 2. The molecule has 0 aromatic rings. The fraction of sp³-hybridized carbons (Fsp3) is 0.714. The topological polar surface area (TPSA) is 72.8 Å². The third-order valence-electron chi connectivity index (χ3n) is 1.56. The molecule has 1 aliphatic rings. The molecule has 0 radical (unpaired) electrons. The van der Waals surface area contributed by atoms with Crippen molar-refractivity contribution in [3.8, 4) is 0 Å². The van der Waals surface area contributed by atoms with Crippen molar-refractivity contribution < 1.29 is 24.2 Å². The fourth-order valence-electron chi connectivity index (χ4n) is 0.957. The van der Waals surface area contributed by atoms with Crippen LogP contribution < -0.4 is 0 Å². The second-order valence-electron chi connectivity index (χ2n) is 2.40. The molecule has 1 rings (SSSR count). The molecule has 0 amide bonds. The third-order valence-corrected chi connectivity index (χ3v) is 1.56. The Morgan fingerprint density at radius 2 is 2.50 bits per heavy atom. The van der Waals surface area contributed by atoms with Gasteiger partial charge in [0.15, 0.2) is 5.92 Å². The van der Waals surface area contributed by atoms with Crippen LogP contribution in [0.25, 0.3) is 0 Å². The molecule has 1 atom stereocenters. The lowest BCUT2D eigenvalue weighted by Crippen LogP contribution is -2.22. The van der Waals surface area contributed by atoms with Gasteiger partial charge in [-0.3, -0.25) is 9.59 Å². The van der Waals surface area contributed by atoms with Gasteiger partial charge in [-0.2, -0.15) is 0 Å².